The highest BCUT2D eigenvalue weighted by Crippen LogP contribution is 2.08. The van der Waals surface area contributed by atoms with Crippen molar-refractivity contribution in [1.29, 1.82) is 5.26 Å². The standard InChI is InChI=1S/C23H19N3O3S/c24-16-19(21(27)25-11-13-29-14-12-25)23-26(18-9-5-2-6-10-18)22(28)20(30-23)15-17-7-3-1-4-8-17/h1-10,15H,11-14H2/b20-15-,23-19-. The SMILES string of the molecule is N#C/C(C(=O)N1CCOCC1)=c1/s/c(=C\c2ccccc2)c(=O)n1-c1ccccc1. The van der Waals surface area contributed by atoms with Gasteiger partial charge in [-0.15, -0.1) is 11.3 Å². The topological polar surface area (TPSA) is 75.3 Å². The van der Waals surface area contributed by atoms with Crippen LogP contribution < -0.4 is 14.8 Å². The molecule has 0 radical (unpaired) electrons. The number of morpholine rings is 1. The van der Waals surface area contributed by atoms with Crippen LogP contribution in [0.1, 0.15) is 5.56 Å². The summed E-state index contributed by atoms with van der Waals surface area (Å²) in [6.07, 6.45) is 1.78. The molecule has 4 rings (SSSR count). The van der Waals surface area contributed by atoms with Crippen LogP contribution in [0.2, 0.25) is 0 Å². The van der Waals surface area contributed by atoms with Crippen molar-refractivity contribution in [2.75, 3.05) is 26.3 Å². The monoisotopic (exact) mass is 417 g/mol. The summed E-state index contributed by atoms with van der Waals surface area (Å²) in [6.45, 7) is 1.72. The van der Waals surface area contributed by atoms with Gasteiger partial charge in [0.15, 0.2) is 5.57 Å². The first kappa shape index (κ1) is 19.8. The maximum absolute atomic E-state index is 13.3. The number of thiazole rings is 1. The van der Waals surface area contributed by atoms with Crippen molar-refractivity contribution < 1.29 is 9.53 Å². The molecule has 1 saturated heterocycles. The fourth-order valence-electron chi connectivity index (χ4n) is 3.27. The van der Waals surface area contributed by atoms with Gasteiger partial charge in [-0.3, -0.25) is 14.2 Å². The van der Waals surface area contributed by atoms with Gasteiger partial charge in [0.25, 0.3) is 11.5 Å². The van der Waals surface area contributed by atoms with Crippen molar-refractivity contribution >= 4 is 28.9 Å². The highest BCUT2D eigenvalue weighted by Gasteiger charge is 2.23. The Morgan fingerprint density at radius 1 is 1.03 bits per heavy atom. The van der Waals surface area contributed by atoms with Crippen LogP contribution in [0.4, 0.5) is 0 Å². The molecule has 1 fully saturated rings. The number of carbonyl (C=O) groups is 1. The third kappa shape index (κ3) is 3.96. The molecule has 0 N–H and O–H groups in total. The molecule has 6 nitrogen and oxygen atoms in total. The lowest BCUT2D eigenvalue weighted by molar-refractivity contribution is -0.128. The molecule has 0 atom stereocenters. The summed E-state index contributed by atoms with van der Waals surface area (Å²) in [6, 6.07) is 20.6. The normalized spacial score (nSPS) is 15.6. The minimum atomic E-state index is -0.377. The van der Waals surface area contributed by atoms with Crippen molar-refractivity contribution in [2.45, 2.75) is 0 Å². The van der Waals surface area contributed by atoms with Crippen LogP contribution in [0.5, 0.6) is 0 Å². The molecular weight excluding hydrogens is 398 g/mol. The maximum atomic E-state index is 13.3. The zero-order valence-electron chi connectivity index (χ0n) is 16.2. The van der Waals surface area contributed by atoms with Gasteiger partial charge < -0.3 is 9.64 Å². The lowest BCUT2D eigenvalue weighted by atomic mass is 10.2. The van der Waals surface area contributed by atoms with Crippen LogP contribution in [-0.4, -0.2) is 41.7 Å². The number of hydrogen-bond acceptors (Lipinski definition) is 5. The lowest BCUT2D eigenvalue weighted by Crippen LogP contribution is -2.42. The Labute approximate surface area is 177 Å². The second-order valence-corrected chi connectivity index (χ2v) is 7.72. The van der Waals surface area contributed by atoms with Crippen molar-refractivity contribution in [2.24, 2.45) is 0 Å². The molecule has 1 aromatic heterocycles. The highest BCUT2D eigenvalue weighted by atomic mass is 32.1. The Morgan fingerprint density at radius 2 is 1.67 bits per heavy atom. The molecule has 1 aliphatic heterocycles. The molecule has 3 aromatic rings. The third-order valence-corrected chi connectivity index (χ3v) is 5.87. The van der Waals surface area contributed by atoms with Gasteiger partial charge in [-0.05, 0) is 23.8 Å². The van der Waals surface area contributed by atoms with Crippen LogP contribution >= 0.6 is 11.3 Å². The van der Waals surface area contributed by atoms with Gasteiger partial charge in [-0.1, -0.05) is 48.5 Å². The first-order chi connectivity index (χ1) is 14.7. The van der Waals surface area contributed by atoms with Crippen molar-refractivity contribution in [3.05, 3.63) is 85.8 Å². The van der Waals surface area contributed by atoms with Gasteiger partial charge in [0.2, 0.25) is 0 Å². The first-order valence-corrected chi connectivity index (χ1v) is 10.4. The minimum absolute atomic E-state index is 0.0319. The van der Waals surface area contributed by atoms with Gasteiger partial charge in [0.1, 0.15) is 10.7 Å². The molecule has 1 amide bonds. The molecule has 2 aromatic carbocycles. The van der Waals surface area contributed by atoms with E-state index in [4.69, 9.17) is 4.74 Å². The maximum Gasteiger partial charge on any atom is 0.273 e. The van der Waals surface area contributed by atoms with Gasteiger partial charge in [0.05, 0.1) is 23.4 Å². The Balaban J connectivity index is 1.98. The number of carbonyl (C=O) groups excluding carboxylic acids is 1. The second-order valence-electron chi connectivity index (χ2n) is 6.69. The molecular formula is C23H19N3O3S. The van der Waals surface area contributed by atoms with Crippen LogP contribution in [0.3, 0.4) is 0 Å². The number of rotatable bonds is 3. The van der Waals surface area contributed by atoms with Crippen molar-refractivity contribution in [3.63, 3.8) is 0 Å². The highest BCUT2D eigenvalue weighted by molar-refractivity contribution is 7.07. The summed E-state index contributed by atoms with van der Waals surface area (Å²) >= 11 is 1.16. The number of hydrogen-bond donors (Lipinski definition) is 0. The number of aromatic nitrogens is 1. The molecule has 0 saturated carbocycles. The fraction of sp³-hybridized carbons (Fsp3) is 0.174. The average molecular weight is 417 g/mol. The molecule has 1 aliphatic rings. The Bertz CT molecular complexity index is 1270. The molecule has 0 spiro atoms. The Hall–Kier alpha value is -3.47. The Morgan fingerprint density at radius 3 is 2.30 bits per heavy atom. The quantitative estimate of drug-likeness (QED) is 0.643. The van der Waals surface area contributed by atoms with Gasteiger partial charge in [-0.25, -0.2) is 0 Å². The largest absolute Gasteiger partial charge is 0.378 e. The smallest absolute Gasteiger partial charge is 0.273 e. The van der Waals surface area contributed by atoms with Crippen molar-refractivity contribution in [1.82, 2.24) is 9.47 Å². The molecule has 0 aliphatic carbocycles. The number of nitrogens with zero attached hydrogens (tertiary/aromatic N) is 3. The Kier molecular flexibility index (Phi) is 5.89. The molecule has 0 unspecified atom stereocenters. The van der Waals surface area contributed by atoms with E-state index < -0.39 is 0 Å². The van der Waals surface area contributed by atoms with E-state index in [2.05, 4.69) is 6.07 Å². The average Bonchev–Trinajstić information content (AvgIpc) is 3.11. The number of amides is 1. The van der Waals surface area contributed by atoms with E-state index >= 15 is 0 Å². The first-order valence-electron chi connectivity index (χ1n) is 9.54. The molecule has 7 heteroatoms. The minimum Gasteiger partial charge on any atom is -0.378 e. The number of nitriles is 1. The number of para-hydroxylation sites is 1. The van der Waals surface area contributed by atoms with E-state index in [-0.39, 0.29) is 17.0 Å². The van der Waals surface area contributed by atoms with E-state index in [0.717, 1.165) is 16.9 Å². The molecule has 2 heterocycles. The zero-order valence-corrected chi connectivity index (χ0v) is 17.0. The molecule has 0 bridgehead atoms. The van der Waals surface area contributed by atoms with Gasteiger partial charge in [0, 0.05) is 13.1 Å². The molecule has 30 heavy (non-hydrogen) atoms. The number of ether oxygens (including phenoxy) is 1. The summed E-state index contributed by atoms with van der Waals surface area (Å²) in [5, 5.41) is 9.86. The second kappa shape index (κ2) is 8.91. The van der Waals surface area contributed by atoms with Crippen LogP contribution in [-0.2, 0) is 9.53 Å². The predicted octanol–water partition coefficient (Wildman–Crippen LogP) is 1.26. The van der Waals surface area contributed by atoms with E-state index in [0.29, 0.717) is 41.2 Å². The van der Waals surface area contributed by atoms with Crippen molar-refractivity contribution in [3.8, 4) is 11.8 Å². The summed E-state index contributed by atoms with van der Waals surface area (Å²) < 4.78 is 7.56. The zero-order chi connectivity index (χ0) is 20.9. The summed E-state index contributed by atoms with van der Waals surface area (Å²) in [4.78, 5) is 28.0. The number of benzene rings is 2. The predicted molar refractivity (Wildman–Crippen MR) is 116 cm³/mol. The van der Waals surface area contributed by atoms with Gasteiger partial charge in [-0.2, -0.15) is 5.26 Å². The van der Waals surface area contributed by atoms with Gasteiger partial charge >= 0.3 is 0 Å². The summed E-state index contributed by atoms with van der Waals surface area (Å²) in [5.74, 6) is -0.377. The fourth-order valence-corrected chi connectivity index (χ4v) is 4.37. The summed E-state index contributed by atoms with van der Waals surface area (Å²) in [7, 11) is 0. The lowest BCUT2D eigenvalue weighted by Gasteiger charge is -2.26. The summed E-state index contributed by atoms with van der Waals surface area (Å²) in [5.41, 5.74) is 1.20. The van der Waals surface area contributed by atoms with E-state index in [1.165, 1.54) is 4.57 Å². The van der Waals surface area contributed by atoms with Crippen LogP contribution in [0, 0.1) is 11.3 Å². The third-order valence-electron chi connectivity index (χ3n) is 4.77. The van der Waals surface area contributed by atoms with Crippen LogP contribution in [0.25, 0.3) is 17.3 Å². The molecule has 150 valence electrons. The van der Waals surface area contributed by atoms with E-state index in [9.17, 15) is 14.9 Å². The van der Waals surface area contributed by atoms with E-state index in [1.54, 1.807) is 23.1 Å². The van der Waals surface area contributed by atoms with Crippen LogP contribution in [0.15, 0.2) is 65.5 Å². The van der Waals surface area contributed by atoms with E-state index in [1.807, 2.05) is 48.5 Å².